The SMILES string of the molecule is COC(=O)c1ccc(CN(C(=O)N2CCS(=O)(=O)CC2)c2cccc(-c3ccc4c(c3)OCO4)c2)cc1. The fourth-order valence-corrected chi connectivity index (χ4v) is 5.52. The molecule has 0 aliphatic carbocycles. The van der Waals surface area contributed by atoms with E-state index in [4.69, 9.17) is 14.2 Å². The third-order valence-electron chi connectivity index (χ3n) is 6.43. The molecule has 2 aliphatic heterocycles. The van der Waals surface area contributed by atoms with E-state index in [-0.39, 0.29) is 44.0 Å². The minimum atomic E-state index is -3.14. The number of ether oxygens (including phenoxy) is 3. The Morgan fingerprint density at radius 3 is 2.35 bits per heavy atom. The van der Waals surface area contributed by atoms with E-state index in [9.17, 15) is 18.0 Å². The van der Waals surface area contributed by atoms with Gasteiger partial charge in [0.05, 0.1) is 30.7 Å². The first kappa shape index (κ1) is 24.6. The molecule has 0 spiro atoms. The van der Waals surface area contributed by atoms with Crippen molar-refractivity contribution >= 4 is 27.5 Å². The van der Waals surface area contributed by atoms with E-state index in [0.29, 0.717) is 22.7 Å². The molecular weight excluding hydrogens is 496 g/mol. The monoisotopic (exact) mass is 522 g/mol. The first-order valence-electron chi connectivity index (χ1n) is 11.8. The van der Waals surface area contributed by atoms with Crippen molar-refractivity contribution in [1.29, 1.82) is 0 Å². The number of hydrogen-bond donors (Lipinski definition) is 0. The second kappa shape index (κ2) is 10.1. The fourth-order valence-electron chi connectivity index (χ4n) is 4.32. The summed E-state index contributed by atoms with van der Waals surface area (Å²) in [6.45, 7) is 0.692. The Morgan fingerprint density at radius 1 is 0.919 bits per heavy atom. The van der Waals surface area contributed by atoms with Gasteiger partial charge in [0.25, 0.3) is 0 Å². The van der Waals surface area contributed by atoms with Crippen molar-refractivity contribution in [2.24, 2.45) is 0 Å². The molecule has 2 aliphatic rings. The molecule has 0 radical (unpaired) electrons. The van der Waals surface area contributed by atoms with Crippen LogP contribution in [0, 0.1) is 0 Å². The molecule has 10 heteroatoms. The highest BCUT2D eigenvalue weighted by Gasteiger charge is 2.29. The Morgan fingerprint density at radius 2 is 1.62 bits per heavy atom. The summed E-state index contributed by atoms with van der Waals surface area (Å²) in [6.07, 6.45) is 0. The van der Waals surface area contributed by atoms with Crippen LogP contribution in [0.1, 0.15) is 15.9 Å². The van der Waals surface area contributed by atoms with Crippen LogP contribution in [0.5, 0.6) is 11.5 Å². The van der Waals surface area contributed by atoms with Crippen molar-refractivity contribution in [1.82, 2.24) is 4.90 Å². The van der Waals surface area contributed by atoms with Crippen molar-refractivity contribution in [2.45, 2.75) is 6.54 Å². The second-order valence-electron chi connectivity index (χ2n) is 8.81. The highest BCUT2D eigenvalue weighted by molar-refractivity contribution is 7.91. The first-order chi connectivity index (χ1) is 17.8. The van der Waals surface area contributed by atoms with Crippen LogP contribution in [0.4, 0.5) is 10.5 Å². The van der Waals surface area contributed by atoms with Crippen LogP contribution in [0.2, 0.25) is 0 Å². The van der Waals surface area contributed by atoms with Crippen molar-refractivity contribution in [2.75, 3.05) is 43.4 Å². The molecule has 0 unspecified atom stereocenters. The van der Waals surface area contributed by atoms with Gasteiger partial charge >= 0.3 is 12.0 Å². The van der Waals surface area contributed by atoms with E-state index >= 15 is 0 Å². The summed E-state index contributed by atoms with van der Waals surface area (Å²) in [4.78, 5) is 28.7. The van der Waals surface area contributed by atoms with E-state index in [1.807, 2.05) is 42.5 Å². The minimum absolute atomic E-state index is 0.0579. The van der Waals surface area contributed by atoms with Crippen LogP contribution in [0.25, 0.3) is 11.1 Å². The lowest BCUT2D eigenvalue weighted by Gasteiger charge is -2.33. The van der Waals surface area contributed by atoms with Crippen LogP contribution in [0.3, 0.4) is 0 Å². The number of anilines is 1. The van der Waals surface area contributed by atoms with Crippen LogP contribution in [-0.2, 0) is 21.1 Å². The molecule has 1 saturated heterocycles. The maximum Gasteiger partial charge on any atom is 0.337 e. The summed E-state index contributed by atoms with van der Waals surface area (Å²) in [5.41, 5.74) is 3.67. The van der Waals surface area contributed by atoms with E-state index in [1.165, 1.54) is 7.11 Å². The minimum Gasteiger partial charge on any atom is -0.465 e. The molecule has 5 rings (SSSR count). The van der Waals surface area contributed by atoms with Crippen LogP contribution in [0.15, 0.2) is 66.7 Å². The molecule has 37 heavy (non-hydrogen) atoms. The zero-order valence-electron chi connectivity index (χ0n) is 20.3. The smallest absolute Gasteiger partial charge is 0.337 e. The normalized spacial score (nSPS) is 15.8. The molecule has 0 atom stereocenters. The predicted octanol–water partition coefficient (Wildman–Crippen LogP) is 3.73. The molecule has 0 bridgehead atoms. The number of rotatable bonds is 5. The first-order valence-corrected chi connectivity index (χ1v) is 13.6. The average molecular weight is 523 g/mol. The Bertz CT molecular complexity index is 1420. The third kappa shape index (κ3) is 5.39. The van der Waals surface area contributed by atoms with Gasteiger partial charge in [0, 0.05) is 18.8 Å². The molecule has 0 saturated carbocycles. The van der Waals surface area contributed by atoms with E-state index in [1.54, 1.807) is 34.1 Å². The van der Waals surface area contributed by atoms with Crippen molar-refractivity contribution < 1.29 is 32.2 Å². The maximum absolute atomic E-state index is 13.7. The van der Waals surface area contributed by atoms with Gasteiger partial charge in [0.1, 0.15) is 0 Å². The second-order valence-corrected chi connectivity index (χ2v) is 11.1. The highest BCUT2D eigenvalue weighted by atomic mass is 32.2. The molecular formula is C27H26N2O7S. The molecule has 0 N–H and O–H groups in total. The molecule has 192 valence electrons. The lowest BCUT2D eigenvalue weighted by atomic mass is 10.0. The van der Waals surface area contributed by atoms with Gasteiger partial charge in [-0.2, -0.15) is 0 Å². The number of fused-ring (bicyclic) bond motifs is 1. The van der Waals surface area contributed by atoms with E-state index < -0.39 is 15.8 Å². The maximum atomic E-state index is 13.7. The van der Waals surface area contributed by atoms with Gasteiger partial charge in [0.2, 0.25) is 6.79 Å². The molecule has 3 aromatic rings. The number of esters is 1. The predicted molar refractivity (Wildman–Crippen MR) is 138 cm³/mol. The fraction of sp³-hybridized carbons (Fsp3) is 0.259. The summed E-state index contributed by atoms with van der Waals surface area (Å²) < 4.78 is 39.6. The third-order valence-corrected chi connectivity index (χ3v) is 8.03. The van der Waals surface area contributed by atoms with Crippen LogP contribution < -0.4 is 14.4 Å². The summed E-state index contributed by atoms with van der Waals surface area (Å²) in [5.74, 6) is 0.795. The summed E-state index contributed by atoms with van der Waals surface area (Å²) in [6, 6.07) is 19.8. The van der Waals surface area contributed by atoms with Crippen molar-refractivity contribution in [3.05, 3.63) is 77.9 Å². The van der Waals surface area contributed by atoms with Crippen LogP contribution in [-0.4, -0.2) is 63.8 Å². The molecule has 1 fully saturated rings. The number of nitrogens with zero attached hydrogens (tertiary/aromatic N) is 2. The standard InChI is InChI=1S/C27H26N2O7S/c1-34-26(30)20-7-5-19(6-8-20)17-29(27(31)28-11-13-37(32,33)14-12-28)23-4-2-3-21(15-23)22-9-10-24-25(16-22)36-18-35-24/h2-10,15-16H,11-14,17-18H2,1H3. The number of amides is 2. The summed E-state index contributed by atoms with van der Waals surface area (Å²) in [5, 5.41) is 0. The van der Waals surface area contributed by atoms with Gasteiger partial charge in [-0.05, 0) is 53.1 Å². The Hall–Kier alpha value is -4.05. The number of hydrogen-bond acceptors (Lipinski definition) is 7. The Kier molecular flexibility index (Phi) is 6.75. The number of carbonyl (C=O) groups excluding carboxylic acids is 2. The number of carbonyl (C=O) groups is 2. The van der Waals surface area contributed by atoms with Gasteiger partial charge in [-0.15, -0.1) is 0 Å². The Balaban J connectivity index is 1.46. The molecule has 9 nitrogen and oxygen atoms in total. The number of benzene rings is 3. The zero-order valence-corrected chi connectivity index (χ0v) is 21.1. The lowest BCUT2D eigenvalue weighted by molar-refractivity contribution is 0.0600. The van der Waals surface area contributed by atoms with Crippen LogP contribution >= 0.6 is 0 Å². The van der Waals surface area contributed by atoms with Gasteiger partial charge in [-0.25, -0.2) is 18.0 Å². The van der Waals surface area contributed by atoms with Gasteiger partial charge in [-0.1, -0.05) is 30.3 Å². The highest BCUT2D eigenvalue weighted by Crippen LogP contribution is 2.37. The number of sulfone groups is 1. The lowest BCUT2D eigenvalue weighted by Crippen LogP contribution is -2.49. The van der Waals surface area contributed by atoms with E-state index in [0.717, 1.165) is 16.7 Å². The zero-order chi connectivity index (χ0) is 26.0. The average Bonchev–Trinajstić information content (AvgIpc) is 3.39. The molecule has 2 heterocycles. The van der Waals surface area contributed by atoms with Crippen molar-refractivity contribution in [3.8, 4) is 22.6 Å². The Labute approximate surface area is 215 Å². The van der Waals surface area contributed by atoms with Crippen molar-refractivity contribution in [3.63, 3.8) is 0 Å². The topological polar surface area (TPSA) is 102 Å². The number of methoxy groups -OCH3 is 1. The molecule has 2 amide bonds. The number of urea groups is 1. The van der Waals surface area contributed by atoms with Gasteiger partial charge in [-0.3, -0.25) is 4.90 Å². The molecule has 3 aromatic carbocycles. The molecule has 0 aromatic heterocycles. The summed E-state index contributed by atoms with van der Waals surface area (Å²) >= 11 is 0. The van der Waals surface area contributed by atoms with Gasteiger partial charge < -0.3 is 19.1 Å². The summed E-state index contributed by atoms with van der Waals surface area (Å²) in [7, 11) is -1.82. The largest absolute Gasteiger partial charge is 0.465 e. The van der Waals surface area contributed by atoms with E-state index in [2.05, 4.69) is 0 Å². The quantitative estimate of drug-likeness (QED) is 0.471. The van der Waals surface area contributed by atoms with Gasteiger partial charge in [0.15, 0.2) is 21.3 Å².